The Bertz CT molecular complexity index is 654. The first-order valence-corrected chi connectivity index (χ1v) is 6.91. The number of anilines is 1. The fourth-order valence-corrected chi connectivity index (χ4v) is 2.73. The summed E-state index contributed by atoms with van der Waals surface area (Å²) in [5, 5.41) is 10.8. The lowest BCUT2D eigenvalue weighted by atomic mass is 10.1. The molecule has 0 spiro atoms. The molecule has 3 rings (SSSR count). The number of benzene rings is 1. The van der Waals surface area contributed by atoms with E-state index in [1.165, 1.54) is 19.3 Å². The molecule has 19 heavy (non-hydrogen) atoms. The minimum absolute atomic E-state index is 0.652. The van der Waals surface area contributed by atoms with E-state index >= 15 is 0 Å². The number of nitriles is 1. The van der Waals surface area contributed by atoms with Gasteiger partial charge in [0, 0.05) is 23.5 Å². The maximum Gasteiger partial charge on any atom is 0.130 e. The summed E-state index contributed by atoms with van der Waals surface area (Å²) in [5.74, 6) is 0.894. The first-order chi connectivity index (χ1) is 9.28. The maximum absolute atomic E-state index is 9.30. The number of halogens is 1. The van der Waals surface area contributed by atoms with Crippen LogP contribution in [0.25, 0.3) is 10.9 Å². The number of fused-ring (bicyclic) bond motifs is 1. The van der Waals surface area contributed by atoms with Crippen LogP contribution in [0.3, 0.4) is 0 Å². The normalized spacial score (nSPS) is 15.5. The molecule has 0 atom stereocenters. The summed E-state index contributed by atoms with van der Waals surface area (Å²) in [6, 6.07) is 9.64. The van der Waals surface area contributed by atoms with E-state index in [2.05, 4.69) is 16.0 Å². The summed E-state index contributed by atoms with van der Waals surface area (Å²) in [4.78, 5) is 6.91. The Morgan fingerprint density at radius 1 is 1.16 bits per heavy atom. The van der Waals surface area contributed by atoms with Crippen LogP contribution in [-0.2, 0) is 0 Å². The van der Waals surface area contributed by atoms with Gasteiger partial charge in [0.05, 0.1) is 17.1 Å². The highest BCUT2D eigenvalue weighted by Crippen LogP contribution is 2.26. The fraction of sp³-hybridized carbons (Fsp3) is 0.333. The van der Waals surface area contributed by atoms with Crippen LogP contribution in [0.5, 0.6) is 0 Å². The molecule has 1 aliphatic rings. The fourth-order valence-electron chi connectivity index (χ4n) is 2.57. The SMILES string of the molecule is N#Cc1cc(N2CCCCC2)nc2cc(Cl)ccc12. The summed E-state index contributed by atoms with van der Waals surface area (Å²) in [7, 11) is 0. The van der Waals surface area contributed by atoms with E-state index in [0.29, 0.717) is 10.6 Å². The van der Waals surface area contributed by atoms with Crippen molar-refractivity contribution in [1.82, 2.24) is 4.98 Å². The first kappa shape index (κ1) is 12.3. The Labute approximate surface area is 117 Å². The van der Waals surface area contributed by atoms with Gasteiger partial charge in [0.15, 0.2) is 0 Å². The third-order valence-corrected chi connectivity index (χ3v) is 3.79. The summed E-state index contributed by atoms with van der Waals surface area (Å²) < 4.78 is 0. The first-order valence-electron chi connectivity index (χ1n) is 6.53. The van der Waals surface area contributed by atoms with Crippen molar-refractivity contribution in [3.05, 3.63) is 34.9 Å². The summed E-state index contributed by atoms with van der Waals surface area (Å²) in [6.07, 6.45) is 3.66. The van der Waals surface area contributed by atoms with Gasteiger partial charge in [0.1, 0.15) is 5.82 Å². The Morgan fingerprint density at radius 2 is 1.95 bits per heavy atom. The molecule has 4 heteroatoms. The van der Waals surface area contributed by atoms with E-state index < -0.39 is 0 Å². The van der Waals surface area contributed by atoms with E-state index in [1.807, 2.05) is 18.2 Å². The predicted octanol–water partition coefficient (Wildman–Crippen LogP) is 3.75. The van der Waals surface area contributed by atoms with Crippen LogP contribution in [0.1, 0.15) is 24.8 Å². The standard InChI is InChI=1S/C15H14ClN3/c16-12-4-5-13-11(10-17)8-15(18-14(13)9-12)19-6-2-1-3-7-19/h4-5,8-9H,1-3,6-7H2. The van der Waals surface area contributed by atoms with Crippen LogP contribution < -0.4 is 4.90 Å². The molecule has 0 amide bonds. The molecule has 0 saturated carbocycles. The summed E-state index contributed by atoms with van der Waals surface area (Å²) >= 11 is 6.02. The van der Waals surface area contributed by atoms with Crippen molar-refractivity contribution in [1.29, 1.82) is 5.26 Å². The average Bonchev–Trinajstić information content (AvgIpc) is 2.46. The Hall–Kier alpha value is -1.79. The maximum atomic E-state index is 9.30. The second-order valence-electron chi connectivity index (χ2n) is 4.85. The highest BCUT2D eigenvalue weighted by molar-refractivity contribution is 6.31. The van der Waals surface area contributed by atoms with Gasteiger partial charge in [-0.3, -0.25) is 0 Å². The van der Waals surface area contributed by atoms with Crippen molar-refractivity contribution in [3.63, 3.8) is 0 Å². The molecule has 2 aromatic rings. The molecular formula is C15H14ClN3. The van der Waals surface area contributed by atoms with Crippen LogP contribution in [0.15, 0.2) is 24.3 Å². The van der Waals surface area contributed by atoms with Crippen molar-refractivity contribution in [2.75, 3.05) is 18.0 Å². The van der Waals surface area contributed by atoms with Crippen LogP contribution >= 0.6 is 11.6 Å². The molecule has 1 aliphatic heterocycles. The number of pyridine rings is 1. The zero-order chi connectivity index (χ0) is 13.2. The molecule has 3 nitrogen and oxygen atoms in total. The average molecular weight is 272 g/mol. The highest BCUT2D eigenvalue weighted by Gasteiger charge is 2.14. The summed E-state index contributed by atoms with van der Waals surface area (Å²) in [5.41, 5.74) is 1.47. The van der Waals surface area contributed by atoms with Crippen LogP contribution in [0.2, 0.25) is 5.02 Å². The molecular weight excluding hydrogens is 258 g/mol. The third-order valence-electron chi connectivity index (χ3n) is 3.56. The third kappa shape index (κ3) is 2.36. The molecule has 1 fully saturated rings. The molecule has 0 aliphatic carbocycles. The van der Waals surface area contributed by atoms with E-state index in [-0.39, 0.29) is 0 Å². The van der Waals surface area contributed by atoms with E-state index in [9.17, 15) is 5.26 Å². The van der Waals surface area contributed by atoms with Crippen molar-refractivity contribution >= 4 is 28.3 Å². The van der Waals surface area contributed by atoms with Crippen LogP contribution in [0.4, 0.5) is 5.82 Å². The summed E-state index contributed by atoms with van der Waals surface area (Å²) in [6.45, 7) is 2.04. The number of hydrogen-bond acceptors (Lipinski definition) is 3. The number of aromatic nitrogens is 1. The van der Waals surface area contributed by atoms with E-state index in [4.69, 9.17) is 11.6 Å². The lowest BCUT2D eigenvalue weighted by molar-refractivity contribution is 0.574. The van der Waals surface area contributed by atoms with Gasteiger partial charge in [-0.05, 0) is 43.5 Å². The minimum atomic E-state index is 0.652. The minimum Gasteiger partial charge on any atom is -0.357 e. The number of nitrogens with zero attached hydrogens (tertiary/aromatic N) is 3. The van der Waals surface area contributed by atoms with Crippen molar-refractivity contribution < 1.29 is 0 Å². The molecule has 2 heterocycles. The second kappa shape index (κ2) is 5.07. The van der Waals surface area contributed by atoms with Crippen molar-refractivity contribution in [2.45, 2.75) is 19.3 Å². The van der Waals surface area contributed by atoms with Crippen molar-refractivity contribution in [3.8, 4) is 6.07 Å². The molecule has 0 radical (unpaired) electrons. The van der Waals surface area contributed by atoms with Gasteiger partial charge >= 0.3 is 0 Å². The Kier molecular flexibility index (Phi) is 3.27. The Morgan fingerprint density at radius 3 is 2.68 bits per heavy atom. The van der Waals surface area contributed by atoms with Gasteiger partial charge in [0.2, 0.25) is 0 Å². The molecule has 0 N–H and O–H groups in total. The van der Waals surface area contributed by atoms with Crippen molar-refractivity contribution in [2.24, 2.45) is 0 Å². The lowest BCUT2D eigenvalue weighted by Crippen LogP contribution is -2.30. The van der Waals surface area contributed by atoms with Crippen LogP contribution in [-0.4, -0.2) is 18.1 Å². The van der Waals surface area contributed by atoms with Crippen LogP contribution in [0, 0.1) is 11.3 Å². The molecule has 96 valence electrons. The number of piperidine rings is 1. The molecule has 1 saturated heterocycles. The quantitative estimate of drug-likeness (QED) is 0.793. The molecule has 0 unspecified atom stereocenters. The highest BCUT2D eigenvalue weighted by atomic mass is 35.5. The molecule has 1 aromatic heterocycles. The molecule has 1 aromatic carbocycles. The smallest absolute Gasteiger partial charge is 0.130 e. The largest absolute Gasteiger partial charge is 0.357 e. The molecule has 0 bridgehead atoms. The Balaban J connectivity index is 2.13. The zero-order valence-corrected chi connectivity index (χ0v) is 11.3. The lowest BCUT2D eigenvalue weighted by Gasteiger charge is -2.28. The van der Waals surface area contributed by atoms with Gasteiger partial charge in [-0.2, -0.15) is 5.26 Å². The van der Waals surface area contributed by atoms with E-state index in [0.717, 1.165) is 29.8 Å². The van der Waals surface area contributed by atoms with Gasteiger partial charge in [0.25, 0.3) is 0 Å². The topological polar surface area (TPSA) is 39.9 Å². The van der Waals surface area contributed by atoms with Gasteiger partial charge in [-0.1, -0.05) is 11.6 Å². The zero-order valence-electron chi connectivity index (χ0n) is 10.6. The predicted molar refractivity (Wildman–Crippen MR) is 77.5 cm³/mol. The number of rotatable bonds is 1. The van der Waals surface area contributed by atoms with Gasteiger partial charge in [-0.25, -0.2) is 4.98 Å². The van der Waals surface area contributed by atoms with Gasteiger partial charge < -0.3 is 4.90 Å². The van der Waals surface area contributed by atoms with E-state index in [1.54, 1.807) is 6.07 Å². The second-order valence-corrected chi connectivity index (χ2v) is 5.29. The number of hydrogen-bond donors (Lipinski definition) is 0. The van der Waals surface area contributed by atoms with Gasteiger partial charge in [-0.15, -0.1) is 0 Å². The monoisotopic (exact) mass is 271 g/mol.